The number of ether oxygens (including phenoxy) is 1. The summed E-state index contributed by atoms with van der Waals surface area (Å²) in [5, 5.41) is 2.91. The Morgan fingerprint density at radius 1 is 0.946 bits per heavy atom. The molecule has 37 heavy (non-hydrogen) atoms. The molecule has 0 saturated carbocycles. The maximum absolute atomic E-state index is 12.0. The fraction of sp³-hybridized carbons (Fsp3) is 0.419. The summed E-state index contributed by atoms with van der Waals surface area (Å²) in [5.41, 5.74) is 3.72. The van der Waals surface area contributed by atoms with Gasteiger partial charge in [0.1, 0.15) is 11.6 Å². The molecule has 1 amide bonds. The first-order valence-electron chi connectivity index (χ1n) is 13.4. The minimum atomic E-state index is -0.155. The number of hydrogen-bond acceptors (Lipinski definition) is 4. The summed E-state index contributed by atoms with van der Waals surface area (Å²) in [6, 6.07) is 20.2. The average molecular weight is 502 g/mol. The largest absolute Gasteiger partial charge is 0.494 e. The van der Waals surface area contributed by atoms with E-state index >= 15 is 0 Å². The number of carbonyl (C=O) groups is 1. The lowest BCUT2D eigenvalue weighted by Crippen LogP contribution is -2.23. The number of fused-ring (bicyclic) bond motifs is 1. The highest BCUT2D eigenvalue weighted by Gasteiger charge is 2.13. The van der Waals surface area contributed by atoms with Crippen LogP contribution in [0.1, 0.15) is 74.8 Å². The normalized spacial score (nSPS) is 11.6. The third-order valence-corrected chi connectivity index (χ3v) is 6.61. The van der Waals surface area contributed by atoms with Gasteiger partial charge < -0.3 is 19.0 Å². The first-order chi connectivity index (χ1) is 17.9. The van der Waals surface area contributed by atoms with Crippen molar-refractivity contribution in [1.29, 1.82) is 0 Å². The number of nitrogens with zero attached hydrogens (tertiary/aromatic N) is 2. The van der Waals surface area contributed by atoms with Crippen LogP contribution in [-0.4, -0.2) is 28.6 Å². The van der Waals surface area contributed by atoms with E-state index in [-0.39, 0.29) is 11.3 Å². The monoisotopic (exact) mass is 501 g/mol. The van der Waals surface area contributed by atoms with Gasteiger partial charge in [0.2, 0.25) is 0 Å². The van der Waals surface area contributed by atoms with Crippen molar-refractivity contribution in [3.05, 3.63) is 84.1 Å². The van der Waals surface area contributed by atoms with Gasteiger partial charge in [-0.25, -0.2) is 4.98 Å². The number of hydrogen-bond donors (Lipinski definition) is 1. The number of furan rings is 1. The molecule has 2 heterocycles. The highest BCUT2D eigenvalue weighted by Crippen LogP contribution is 2.24. The van der Waals surface area contributed by atoms with E-state index in [9.17, 15) is 4.79 Å². The van der Waals surface area contributed by atoms with Crippen molar-refractivity contribution in [1.82, 2.24) is 14.9 Å². The van der Waals surface area contributed by atoms with Crippen LogP contribution >= 0.6 is 0 Å². The van der Waals surface area contributed by atoms with Crippen LogP contribution in [0.4, 0.5) is 0 Å². The van der Waals surface area contributed by atoms with Crippen LogP contribution in [-0.2, 0) is 18.4 Å². The van der Waals surface area contributed by atoms with Crippen molar-refractivity contribution in [3.63, 3.8) is 0 Å². The van der Waals surface area contributed by atoms with Gasteiger partial charge in [-0.1, -0.05) is 51.5 Å². The maximum atomic E-state index is 12.0. The number of imidazole rings is 1. The molecule has 0 atom stereocenters. The minimum Gasteiger partial charge on any atom is -0.494 e. The van der Waals surface area contributed by atoms with Crippen LogP contribution in [0.5, 0.6) is 5.75 Å². The van der Waals surface area contributed by atoms with Gasteiger partial charge in [0, 0.05) is 19.5 Å². The molecule has 6 heteroatoms. The molecule has 0 unspecified atom stereocenters. The van der Waals surface area contributed by atoms with Crippen LogP contribution in [0, 0.1) is 0 Å². The number of nitrogens with one attached hydrogen (secondary N) is 1. The van der Waals surface area contributed by atoms with Crippen molar-refractivity contribution in [2.45, 2.75) is 71.3 Å². The molecule has 4 rings (SSSR count). The quantitative estimate of drug-likeness (QED) is 0.202. The zero-order valence-electron chi connectivity index (χ0n) is 22.3. The van der Waals surface area contributed by atoms with Gasteiger partial charge in [0.15, 0.2) is 5.76 Å². The standard InChI is InChI=1S/C31H39N3O3/c1-31(2,3)24-16-18-25(19-17-24)36-22-10-9-21-34-27-13-7-6-12-26(27)33-29(34)15-5-4-8-20-32-30(35)28-14-11-23-37-28/h6-7,11-14,16-19,23H,4-5,8-10,15,20-22H2,1-3H3,(H,32,35). The van der Waals surface area contributed by atoms with E-state index < -0.39 is 0 Å². The molecule has 0 spiro atoms. The highest BCUT2D eigenvalue weighted by atomic mass is 16.5. The number of amides is 1. The molecule has 2 aromatic heterocycles. The Kier molecular flexibility index (Phi) is 9.04. The molecule has 4 aromatic rings. The zero-order valence-corrected chi connectivity index (χ0v) is 22.3. The van der Waals surface area contributed by atoms with Gasteiger partial charge in [-0.05, 0) is 73.1 Å². The zero-order chi connectivity index (χ0) is 26.1. The predicted molar refractivity (Wildman–Crippen MR) is 148 cm³/mol. The third-order valence-electron chi connectivity index (χ3n) is 6.61. The topological polar surface area (TPSA) is 69.3 Å². The number of rotatable bonds is 13. The summed E-state index contributed by atoms with van der Waals surface area (Å²) >= 11 is 0. The Labute approximate surface area is 220 Å². The lowest BCUT2D eigenvalue weighted by molar-refractivity contribution is 0.0925. The van der Waals surface area contributed by atoms with E-state index in [4.69, 9.17) is 14.1 Å². The summed E-state index contributed by atoms with van der Waals surface area (Å²) in [7, 11) is 0. The van der Waals surface area contributed by atoms with Crippen molar-refractivity contribution in [2.24, 2.45) is 0 Å². The molecule has 0 fully saturated rings. The fourth-order valence-electron chi connectivity index (χ4n) is 4.46. The molecule has 0 aliphatic carbocycles. The van der Waals surface area contributed by atoms with Crippen LogP contribution in [0.2, 0.25) is 0 Å². The summed E-state index contributed by atoms with van der Waals surface area (Å²) in [4.78, 5) is 16.9. The Morgan fingerprint density at radius 2 is 1.76 bits per heavy atom. The molecule has 0 bridgehead atoms. The maximum Gasteiger partial charge on any atom is 0.286 e. The molecule has 1 N–H and O–H groups in total. The molecular weight excluding hydrogens is 462 g/mol. The van der Waals surface area contributed by atoms with Gasteiger partial charge in [-0.15, -0.1) is 0 Å². The van der Waals surface area contributed by atoms with E-state index in [2.05, 4.69) is 73.1 Å². The van der Waals surface area contributed by atoms with Crippen molar-refractivity contribution in [3.8, 4) is 5.75 Å². The van der Waals surface area contributed by atoms with Gasteiger partial charge in [-0.2, -0.15) is 0 Å². The van der Waals surface area contributed by atoms with Gasteiger partial charge in [-0.3, -0.25) is 4.79 Å². The second kappa shape index (κ2) is 12.6. The van der Waals surface area contributed by atoms with Crippen LogP contribution in [0.15, 0.2) is 71.3 Å². The van der Waals surface area contributed by atoms with E-state index in [1.165, 1.54) is 17.3 Å². The first kappa shape index (κ1) is 26.5. The smallest absolute Gasteiger partial charge is 0.286 e. The number of benzene rings is 2. The van der Waals surface area contributed by atoms with Gasteiger partial charge in [0.05, 0.1) is 23.9 Å². The van der Waals surface area contributed by atoms with E-state index in [1.807, 2.05) is 6.07 Å². The Morgan fingerprint density at radius 3 is 2.51 bits per heavy atom. The fourth-order valence-corrected chi connectivity index (χ4v) is 4.46. The molecule has 196 valence electrons. The average Bonchev–Trinajstić information content (AvgIpc) is 3.54. The molecule has 2 aromatic carbocycles. The Hall–Kier alpha value is -3.54. The Bertz CT molecular complexity index is 1250. The summed E-state index contributed by atoms with van der Waals surface area (Å²) in [6.45, 7) is 8.96. The van der Waals surface area contributed by atoms with Crippen LogP contribution in [0.25, 0.3) is 11.0 Å². The number of carbonyl (C=O) groups excluding carboxylic acids is 1. The van der Waals surface area contributed by atoms with E-state index in [0.29, 0.717) is 18.9 Å². The van der Waals surface area contributed by atoms with Gasteiger partial charge in [0.25, 0.3) is 5.91 Å². The van der Waals surface area contributed by atoms with Gasteiger partial charge >= 0.3 is 0 Å². The predicted octanol–water partition coefficient (Wildman–Crippen LogP) is 6.93. The first-order valence-corrected chi connectivity index (χ1v) is 13.4. The number of aromatic nitrogens is 2. The van der Waals surface area contributed by atoms with Crippen LogP contribution < -0.4 is 10.1 Å². The second-order valence-corrected chi connectivity index (χ2v) is 10.5. The van der Waals surface area contributed by atoms with Crippen molar-refractivity contribution < 1.29 is 13.9 Å². The number of unbranched alkanes of at least 4 members (excludes halogenated alkanes) is 3. The van der Waals surface area contributed by atoms with E-state index in [1.54, 1.807) is 12.1 Å². The molecular formula is C31H39N3O3. The lowest BCUT2D eigenvalue weighted by atomic mass is 9.87. The van der Waals surface area contributed by atoms with E-state index in [0.717, 1.165) is 62.2 Å². The Balaban J connectivity index is 1.21. The molecule has 0 aliphatic rings. The highest BCUT2D eigenvalue weighted by molar-refractivity contribution is 5.91. The SMILES string of the molecule is CC(C)(C)c1ccc(OCCCCn2c(CCCCCNC(=O)c3ccco3)nc3ccccc32)cc1. The van der Waals surface area contributed by atoms with Crippen LogP contribution in [0.3, 0.4) is 0 Å². The molecule has 0 aliphatic heterocycles. The summed E-state index contributed by atoms with van der Waals surface area (Å²) < 4.78 is 13.5. The second-order valence-electron chi connectivity index (χ2n) is 10.5. The molecule has 0 radical (unpaired) electrons. The van der Waals surface area contributed by atoms with Crippen molar-refractivity contribution in [2.75, 3.05) is 13.2 Å². The third kappa shape index (κ3) is 7.48. The summed E-state index contributed by atoms with van der Waals surface area (Å²) in [6.07, 6.45) is 7.46. The number of aryl methyl sites for hydroxylation is 2. The lowest BCUT2D eigenvalue weighted by Gasteiger charge is -2.19. The minimum absolute atomic E-state index is 0.153. The number of para-hydroxylation sites is 2. The van der Waals surface area contributed by atoms with Crippen molar-refractivity contribution >= 4 is 16.9 Å². The summed E-state index contributed by atoms with van der Waals surface area (Å²) in [5.74, 6) is 2.27. The molecule has 6 nitrogen and oxygen atoms in total. The molecule has 0 saturated heterocycles.